The Labute approximate surface area is 98.5 Å². The van der Waals surface area contributed by atoms with E-state index in [0.29, 0.717) is 11.1 Å². The number of furan rings is 1. The number of hydrogen-bond donors (Lipinski definition) is 0. The van der Waals surface area contributed by atoms with Crippen LogP contribution < -0.4 is 0 Å². The van der Waals surface area contributed by atoms with Gasteiger partial charge in [0.15, 0.2) is 0 Å². The molecule has 2 aromatic rings. The molecule has 0 atom stereocenters. The summed E-state index contributed by atoms with van der Waals surface area (Å²) >= 11 is 0. The number of benzene rings is 1. The topological polar surface area (TPSA) is 50.5 Å². The quantitative estimate of drug-likeness (QED) is 0.742. The van der Waals surface area contributed by atoms with Gasteiger partial charge in [-0.3, -0.25) is 14.5 Å². The average molecular weight is 229 g/mol. The third-order valence-electron chi connectivity index (χ3n) is 2.40. The maximum Gasteiger partial charge on any atom is 0.263 e. The molecule has 17 heavy (non-hydrogen) atoms. The van der Waals surface area contributed by atoms with Crippen LogP contribution >= 0.6 is 0 Å². The van der Waals surface area contributed by atoms with Gasteiger partial charge in [-0.15, -0.1) is 0 Å². The second-order valence-electron chi connectivity index (χ2n) is 3.55. The predicted molar refractivity (Wildman–Crippen MR) is 61.6 cm³/mol. The van der Waals surface area contributed by atoms with Gasteiger partial charge >= 0.3 is 0 Å². The highest BCUT2D eigenvalue weighted by atomic mass is 16.3. The van der Waals surface area contributed by atoms with Gasteiger partial charge in [0.05, 0.1) is 11.8 Å². The van der Waals surface area contributed by atoms with Gasteiger partial charge in [0.1, 0.15) is 6.26 Å². The molecule has 0 aliphatic rings. The summed E-state index contributed by atoms with van der Waals surface area (Å²) in [5.74, 6) is -0.718. The Balaban J connectivity index is 2.19. The molecule has 4 heteroatoms. The van der Waals surface area contributed by atoms with Crippen molar-refractivity contribution in [3.63, 3.8) is 0 Å². The molecule has 0 radical (unpaired) electrons. The van der Waals surface area contributed by atoms with Crippen molar-refractivity contribution >= 4 is 11.8 Å². The van der Waals surface area contributed by atoms with E-state index < -0.39 is 0 Å². The van der Waals surface area contributed by atoms with Crippen molar-refractivity contribution in [2.24, 2.45) is 0 Å². The van der Waals surface area contributed by atoms with E-state index in [9.17, 15) is 9.59 Å². The molecule has 0 saturated heterocycles. The Hall–Kier alpha value is -2.36. The van der Waals surface area contributed by atoms with Crippen LogP contribution in [0.25, 0.3) is 0 Å². The molecule has 1 heterocycles. The second kappa shape index (κ2) is 4.65. The fraction of sp³-hybridized carbons (Fsp3) is 0.0769. The number of rotatable bonds is 2. The Morgan fingerprint density at radius 3 is 2.24 bits per heavy atom. The van der Waals surface area contributed by atoms with Crippen LogP contribution in [-0.2, 0) is 0 Å². The fourth-order valence-corrected chi connectivity index (χ4v) is 1.45. The second-order valence-corrected chi connectivity index (χ2v) is 3.55. The first-order chi connectivity index (χ1) is 8.20. The first kappa shape index (κ1) is 11.1. The van der Waals surface area contributed by atoms with Gasteiger partial charge < -0.3 is 4.42 Å². The predicted octanol–water partition coefficient (Wildman–Crippen LogP) is 2.19. The van der Waals surface area contributed by atoms with Crippen molar-refractivity contribution in [2.75, 3.05) is 7.05 Å². The Kier molecular flexibility index (Phi) is 3.05. The molecule has 0 unspecified atom stereocenters. The lowest BCUT2D eigenvalue weighted by Gasteiger charge is -2.14. The Morgan fingerprint density at radius 2 is 1.65 bits per heavy atom. The Morgan fingerprint density at radius 1 is 1.00 bits per heavy atom. The molecular formula is C13H11NO3. The van der Waals surface area contributed by atoms with Gasteiger partial charge in [0.2, 0.25) is 0 Å². The minimum atomic E-state index is -0.382. The minimum Gasteiger partial charge on any atom is -0.472 e. The lowest BCUT2D eigenvalue weighted by Crippen LogP contribution is -2.32. The van der Waals surface area contributed by atoms with E-state index in [-0.39, 0.29) is 11.8 Å². The van der Waals surface area contributed by atoms with Gasteiger partial charge in [-0.2, -0.15) is 0 Å². The molecule has 2 amide bonds. The highest BCUT2D eigenvalue weighted by molar-refractivity contribution is 6.09. The molecule has 86 valence electrons. The number of amides is 2. The monoisotopic (exact) mass is 229 g/mol. The lowest BCUT2D eigenvalue weighted by molar-refractivity contribution is 0.0655. The molecular weight excluding hydrogens is 218 g/mol. The van der Waals surface area contributed by atoms with Crippen molar-refractivity contribution in [1.29, 1.82) is 0 Å². The summed E-state index contributed by atoms with van der Waals surface area (Å²) in [5, 5.41) is 0. The molecule has 0 spiro atoms. The zero-order valence-corrected chi connectivity index (χ0v) is 9.29. The molecule has 4 nitrogen and oxygen atoms in total. The normalized spacial score (nSPS) is 9.94. The summed E-state index contributed by atoms with van der Waals surface area (Å²) in [7, 11) is 1.45. The number of carbonyl (C=O) groups excluding carboxylic acids is 2. The third-order valence-corrected chi connectivity index (χ3v) is 2.40. The van der Waals surface area contributed by atoms with Gasteiger partial charge in [-0.05, 0) is 18.2 Å². The SMILES string of the molecule is CN(C(=O)c1ccccc1)C(=O)c1ccoc1. The summed E-state index contributed by atoms with van der Waals surface area (Å²) in [6.45, 7) is 0. The minimum absolute atomic E-state index is 0.336. The summed E-state index contributed by atoms with van der Waals surface area (Å²) in [5.41, 5.74) is 0.837. The largest absolute Gasteiger partial charge is 0.472 e. The van der Waals surface area contributed by atoms with Gasteiger partial charge in [0.25, 0.3) is 11.8 Å². The van der Waals surface area contributed by atoms with Crippen LogP contribution in [0.4, 0.5) is 0 Å². The molecule has 0 fully saturated rings. The van der Waals surface area contributed by atoms with Crippen LogP contribution in [0, 0.1) is 0 Å². The van der Waals surface area contributed by atoms with Crippen LogP contribution in [0.15, 0.2) is 53.3 Å². The van der Waals surface area contributed by atoms with E-state index in [2.05, 4.69) is 0 Å². The summed E-state index contributed by atoms with van der Waals surface area (Å²) < 4.78 is 4.81. The van der Waals surface area contributed by atoms with Crippen LogP contribution in [0.5, 0.6) is 0 Å². The van der Waals surface area contributed by atoms with Gasteiger partial charge in [-0.25, -0.2) is 0 Å². The van der Waals surface area contributed by atoms with Crippen LogP contribution in [-0.4, -0.2) is 23.8 Å². The molecule has 1 aromatic carbocycles. The van der Waals surface area contributed by atoms with Crippen molar-refractivity contribution in [3.05, 3.63) is 60.1 Å². The van der Waals surface area contributed by atoms with E-state index >= 15 is 0 Å². The summed E-state index contributed by atoms with van der Waals surface area (Å²) in [6.07, 6.45) is 2.71. The smallest absolute Gasteiger partial charge is 0.263 e. The fourth-order valence-electron chi connectivity index (χ4n) is 1.45. The first-order valence-electron chi connectivity index (χ1n) is 5.10. The highest BCUT2D eigenvalue weighted by Gasteiger charge is 2.20. The molecule has 0 bridgehead atoms. The molecule has 1 aromatic heterocycles. The Bertz CT molecular complexity index is 517. The summed E-state index contributed by atoms with van der Waals surface area (Å²) in [4.78, 5) is 24.9. The maximum absolute atomic E-state index is 12.0. The average Bonchev–Trinajstić information content (AvgIpc) is 2.91. The third kappa shape index (κ3) is 2.25. The van der Waals surface area contributed by atoms with E-state index in [4.69, 9.17) is 4.42 Å². The molecule has 0 N–H and O–H groups in total. The molecule has 2 rings (SSSR count). The van der Waals surface area contributed by atoms with E-state index in [1.807, 2.05) is 6.07 Å². The van der Waals surface area contributed by atoms with E-state index in [1.165, 1.54) is 25.6 Å². The lowest BCUT2D eigenvalue weighted by atomic mass is 10.2. The van der Waals surface area contributed by atoms with Gasteiger partial charge in [0, 0.05) is 12.6 Å². The zero-order chi connectivity index (χ0) is 12.3. The van der Waals surface area contributed by atoms with Crippen molar-refractivity contribution in [1.82, 2.24) is 4.90 Å². The molecule has 0 aliphatic carbocycles. The molecule has 0 aliphatic heterocycles. The zero-order valence-electron chi connectivity index (χ0n) is 9.29. The highest BCUT2D eigenvalue weighted by Crippen LogP contribution is 2.08. The number of nitrogens with zero attached hydrogens (tertiary/aromatic N) is 1. The van der Waals surface area contributed by atoms with Crippen LogP contribution in [0.3, 0.4) is 0 Å². The first-order valence-corrected chi connectivity index (χ1v) is 5.10. The molecule has 0 saturated carbocycles. The van der Waals surface area contributed by atoms with Crippen molar-refractivity contribution < 1.29 is 14.0 Å². The number of carbonyl (C=O) groups is 2. The van der Waals surface area contributed by atoms with E-state index in [1.54, 1.807) is 24.3 Å². The number of imide groups is 1. The van der Waals surface area contributed by atoms with Gasteiger partial charge in [-0.1, -0.05) is 18.2 Å². The van der Waals surface area contributed by atoms with Crippen molar-refractivity contribution in [3.8, 4) is 0 Å². The maximum atomic E-state index is 12.0. The van der Waals surface area contributed by atoms with Crippen LogP contribution in [0.2, 0.25) is 0 Å². The van der Waals surface area contributed by atoms with E-state index in [0.717, 1.165) is 4.90 Å². The number of hydrogen-bond acceptors (Lipinski definition) is 3. The van der Waals surface area contributed by atoms with Crippen molar-refractivity contribution in [2.45, 2.75) is 0 Å². The van der Waals surface area contributed by atoms with Crippen LogP contribution in [0.1, 0.15) is 20.7 Å². The standard InChI is InChI=1S/C13H11NO3/c1-14(13(16)11-7-8-17-9-11)12(15)10-5-3-2-4-6-10/h2-9H,1H3. The summed E-state index contributed by atoms with van der Waals surface area (Å²) in [6, 6.07) is 10.2.